The van der Waals surface area contributed by atoms with Crippen LogP contribution in [0.4, 0.5) is 8.78 Å². The molecule has 0 amide bonds. The number of aromatic hydroxyl groups is 1. The first-order chi connectivity index (χ1) is 8.45. The number of rotatable bonds is 2. The normalized spacial score (nSPS) is 25.3. The Morgan fingerprint density at radius 2 is 1.72 bits per heavy atom. The van der Waals surface area contributed by atoms with E-state index in [-0.39, 0.29) is 12.2 Å². The highest BCUT2D eigenvalue weighted by Crippen LogP contribution is 2.23. The Morgan fingerprint density at radius 3 is 2.22 bits per heavy atom. The van der Waals surface area contributed by atoms with Crippen molar-refractivity contribution in [2.24, 2.45) is 0 Å². The Bertz CT molecular complexity index is 406. The molecular formula is C13H17F2NO2. The zero-order valence-corrected chi connectivity index (χ0v) is 10.5. The zero-order valence-electron chi connectivity index (χ0n) is 10.5. The van der Waals surface area contributed by atoms with Crippen LogP contribution in [0.3, 0.4) is 0 Å². The number of hydrogen-bond donors (Lipinski definition) is 1. The summed E-state index contributed by atoms with van der Waals surface area (Å²) in [7, 11) is 0. The Morgan fingerprint density at radius 1 is 1.22 bits per heavy atom. The minimum atomic E-state index is -0.917. The highest BCUT2D eigenvalue weighted by Gasteiger charge is 2.22. The molecule has 0 radical (unpaired) electrons. The number of phenols is 1. The molecule has 0 spiro atoms. The molecule has 1 saturated heterocycles. The van der Waals surface area contributed by atoms with Crippen LogP contribution >= 0.6 is 0 Å². The van der Waals surface area contributed by atoms with E-state index in [0.717, 1.165) is 13.1 Å². The van der Waals surface area contributed by atoms with Crippen molar-refractivity contribution >= 4 is 0 Å². The van der Waals surface area contributed by atoms with Gasteiger partial charge in [0.2, 0.25) is 0 Å². The summed E-state index contributed by atoms with van der Waals surface area (Å²) in [5.74, 6) is -2.75. The molecule has 1 heterocycles. The van der Waals surface area contributed by atoms with Gasteiger partial charge in [0.1, 0.15) is 0 Å². The maximum absolute atomic E-state index is 13.2. The lowest BCUT2D eigenvalue weighted by Gasteiger charge is -2.35. The molecule has 0 bridgehead atoms. The highest BCUT2D eigenvalue weighted by molar-refractivity contribution is 5.30. The largest absolute Gasteiger partial charge is 0.503 e. The van der Waals surface area contributed by atoms with Gasteiger partial charge in [-0.1, -0.05) is 0 Å². The first kappa shape index (κ1) is 13.2. The van der Waals surface area contributed by atoms with E-state index in [1.54, 1.807) is 0 Å². The Balaban J connectivity index is 2.09. The van der Waals surface area contributed by atoms with Gasteiger partial charge in [-0.2, -0.15) is 0 Å². The molecule has 100 valence electrons. The van der Waals surface area contributed by atoms with E-state index in [9.17, 15) is 8.78 Å². The molecule has 0 saturated carbocycles. The van der Waals surface area contributed by atoms with Crippen LogP contribution < -0.4 is 0 Å². The summed E-state index contributed by atoms with van der Waals surface area (Å²) in [6.45, 7) is 5.86. The smallest absolute Gasteiger partial charge is 0.187 e. The Labute approximate surface area is 105 Å². The molecule has 5 heteroatoms. The molecule has 1 N–H and O–H groups in total. The third-order valence-electron chi connectivity index (χ3n) is 2.98. The van der Waals surface area contributed by atoms with E-state index in [1.807, 2.05) is 13.8 Å². The van der Waals surface area contributed by atoms with Crippen molar-refractivity contribution in [1.29, 1.82) is 0 Å². The van der Waals surface area contributed by atoms with Crippen molar-refractivity contribution in [1.82, 2.24) is 4.90 Å². The molecule has 2 atom stereocenters. The van der Waals surface area contributed by atoms with E-state index in [1.165, 1.54) is 12.1 Å². The number of nitrogens with zero attached hydrogens (tertiary/aromatic N) is 1. The predicted octanol–water partition coefficient (Wildman–Crippen LogP) is 2.28. The summed E-state index contributed by atoms with van der Waals surface area (Å²) in [4.78, 5) is 2.09. The van der Waals surface area contributed by atoms with Gasteiger partial charge < -0.3 is 9.84 Å². The van der Waals surface area contributed by atoms with E-state index in [4.69, 9.17) is 9.84 Å². The van der Waals surface area contributed by atoms with Gasteiger partial charge in [0.25, 0.3) is 0 Å². The van der Waals surface area contributed by atoms with Crippen LogP contribution in [0.25, 0.3) is 0 Å². The molecule has 18 heavy (non-hydrogen) atoms. The lowest BCUT2D eigenvalue weighted by molar-refractivity contribution is -0.0705. The van der Waals surface area contributed by atoms with Crippen LogP contribution in [0.5, 0.6) is 5.75 Å². The van der Waals surface area contributed by atoms with E-state index >= 15 is 0 Å². The number of halogens is 2. The monoisotopic (exact) mass is 257 g/mol. The van der Waals surface area contributed by atoms with Crippen LogP contribution in [0.15, 0.2) is 12.1 Å². The van der Waals surface area contributed by atoms with Crippen LogP contribution in [0, 0.1) is 11.6 Å². The van der Waals surface area contributed by atoms with Crippen LogP contribution in [-0.2, 0) is 11.3 Å². The summed E-state index contributed by atoms with van der Waals surface area (Å²) in [6.07, 6.45) is 0.223. The molecule has 1 aromatic rings. The topological polar surface area (TPSA) is 32.7 Å². The average molecular weight is 257 g/mol. The standard InChI is InChI=1S/C13H17F2NO2/c1-8-5-16(6-9(2)18-8)7-10-3-11(14)13(17)12(15)4-10/h3-4,8-9,17H,5-7H2,1-2H3/t8-,9+. The van der Waals surface area contributed by atoms with E-state index in [2.05, 4.69) is 4.90 Å². The fourth-order valence-electron chi connectivity index (χ4n) is 2.38. The van der Waals surface area contributed by atoms with Crippen LogP contribution in [0.1, 0.15) is 19.4 Å². The second-order valence-corrected chi connectivity index (χ2v) is 4.86. The van der Waals surface area contributed by atoms with Crippen molar-refractivity contribution in [2.45, 2.75) is 32.6 Å². The molecule has 1 aliphatic rings. The maximum Gasteiger partial charge on any atom is 0.187 e. The SMILES string of the molecule is C[C@@H]1CN(Cc2cc(F)c(O)c(F)c2)C[C@H](C)O1. The average Bonchev–Trinajstić information content (AvgIpc) is 2.24. The lowest BCUT2D eigenvalue weighted by Crippen LogP contribution is -2.44. The number of ether oxygens (including phenoxy) is 1. The van der Waals surface area contributed by atoms with Gasteiger partial charge in [-0.25, -0.2) is 8.78 Å². The summed E-state index contributed by atoms with van der Waals surface area (Å²) >= 11 is 0. The summed E-state index contributed by atoms with van der Waals surface area (Å²) in [6, 6.07) is 2.34. The van der Waals surface area contributed by atoms with E-state index in [0.29, 0.717) is 12.1 Å². The molecule has 2 rings (SSSR count). The molecular weight excluding hydrogens is 240 g/mol. The first-order valence-corrected chi connectivity index (χ1v) is 6.00. The Hall–Kier alpha value is -1.20. The van der Waals surface area contributed by atoms with Gasteiger partial charge in [-0.05, 0) is 31.5 Å². The minimum absolute atomic E-state index is 0.112. The van der Waals surface area contributed by atoms with Crippen molar-refractivity contribution in [3.05, 3.63) is 29.3 Å². The molecule has 3 nitrogen and oxygen atoms in total. The minimum Gasteiger partial charge on any atom is -0.503 e. The second-order valence-electron chi connectivity index (χ2n) is 4.86. The number of benzene rings is 1. The van der Waals surface area contributed by atoms with Crippen molar-refractivity contribution < 1.29 is 18.6 Å². The molecule has 0 aromatic heterocycles. The van der Waals surface area contributed by atoms with Crippen molar-refractivity contribution in [2.75, 3.05) is 13.1 Å². The molecule has 0 aliphatic carbocycles. The highest BCUT2D eigenvalue weighted by atomic mass is 19.1. The quantitative estimate of drug-likeness (QED) is 0.882. The van der Waals surface area contributed by atoms with Crippen LogP contribution in [-0.4, -0.2) is 35.3 Å². The van der Waals surface area contributed by atoms with Crippen molar-refractivity contribution in [3.63, 3.8) is 0 Å². The predicted molar refractivity (Wildman–Crippen MR) is 63.3 cm³/mol. The summed E-state index contributed by atoms with van der Waals surface area (Å²) in [5.41, 5.74) is 0.518. The lowest BCUT2D eigenvalue weighted by atomic mass is 10.1. The number of hydrogen-bond acceptors (Lipinski definition) is 3. The fraction of sp³-hybridized carbons (Fsp3) is 0.538. The number of phenolic OH excluding ortho intramolecular Hbond substituents is 1. The third-order valence-corrected chi connectivity index (χ3v) is 2.98. The fourth-order valence-corrected chi connectivity index (χ4v) is 2.38. The second kappa shape index (κ2) is 5.20. The van der Waals surface area contributed by atoms with Crippen LogP contribution in [0.2, 0.25) is 0 Å². The maximum atomic E-state index is 13.2. The Kier molecular flexibility index (Phi) is 3.82. The van der Waals surface area contributed by atoms with Gasteiger partial charge in [0.05, 0.1) is 12.2 Å². The third kappa shape index (κ3) is 2.97. The summed E-state index contributed by atoms with van der Waals surface area (Å²) in [5, 5.41) is 9.04. The van der Waals surface area contributed by atoms with Gasteiger partial charge >= 0.3 is 0 Å². The molecule has 1 aliphatic heterocycles. The van der Waals surface area contributed by atoms with E-state index < -0.39 is 17.4 Å². The zero-order chi connectivity index (χ0) is 13.3. The molecule has 0 unspecified atom stereocenters. The van der Waals surface area contributed by atoms with Gasteiger partial charge in [0.15, 0.2) is 17.4 Å². The van der Waals surface area contributed by atoms with Gasteiger partial charge in [-0.15, -0.1) is 0 Å². The van der Waals surface area contributed by atoms with Gasteiger partial charge in [-0.3, -0.25) is 4.90 Å². The summed E-state index contributed by atoms with van der Waals surface area (Å²) < 4.78 is 32.0. The molecule has 1 aromatic carbocycles. The number of morpholine rings is 1. The molecule has 1 fully saturated rings. The van der Waals surface area contributed by atoms with Crippen molar-refractivity contribution in [3.8, 4) is 5.75 Å². The van der Waals surface area contributed by atoms with Gasteiger partial charge in [0, 0.05) is 19.6 Å². The first-order valence-electron chi connectivity index (χ1n) is 6.00.